The molecule has 0 saturated carbocycles. The predicted octanol–water partition coefficient (Wildman–Crippen LogP) is 4.14. The fourth-order valence-corrected chi connectivity index (χ4v) is 4.51. The Kier molecular flexibility index (Phi) is 6.77. The summed E-state index contributed by atoms with van der Waals surface area (Å²) in [6, 6.07) is 11.8. The largest absolute Gasteiger partial charge is 0.334 e. The van der Waals surface area contributed by atoms with Crippen molar-refractivity contribution in [3.63, 3.8) is 0 Å². The van der Waals surface area contributed by atoms with Crippen LogP contribution in [0.2, 0.25) is 5.02 Å². The van der Waals surface area contributed by atoms with Gasteiger partial charge in [0.15, 0.2) is 5.82 Å². The third kappa shape index (κ3) is 4.47. The van der Waals surface area contributed by atoms with Gasteiger partial charge in [-0.3, -0.25) is 14.1 Å². The maximum atomic E-state index is 13.5. The second-order valence-electron chi connectivity index (χ2n) is 8.41. The lowest BCUT2D eigenvalue weighted by Crippen LogP contribution is -2.26. The van der Waals surface area contributed by atoms with Gasteiger partial charge in [-0.05, 0) is 36.6 Å². The number of pyridine rings is 1. The molecule has 4 heterocycles. The molecule has 0 radical (unpaired) electrons. The van der Waals surface area contributed by atoms with Gasteiger partial charge in [-0.15, -0.1) is 10.2 Å². The van der Waals surface area contributed by atoms with E-state index in [9.17, 15) is 4.79 Å². The number of unbranched alkanes of at least 4 members (excludes halogenated alkanes) is 1. The minimum Gasteiger partial charge on any atom is -0.290 e. The zero-order valence-corrected chi connectivity index (χ0v) is 20.9. The minimum atomic E-state index is -0.161. The fourth-order valence-electron chi connectivity index (χ4n) is 4.28. The molecule has 5 aromatic rings. The monoisotopic (exact) mass is 503 g/mol. The van der Waals surface area contributed by atoms with Crippen LogP contribution in [0.4, 0.5) is 0 Å². The van der Waals surface area contributed by atoms with Crippen LogP contribution in [0.15, 0.2) is 59.8 Å². The lowest BCUT2D eigenvalue weighted by molar-refractivity contribution is 0.623. The van der Waals surface area contributed by atoms with Gasteiger partial charge < -0.3 is 0 Å². The molecule has 0 bridgehead atoms. The lowest BCUT2D eigenvalue weighted by atomic mass is 10.0. The quantitative estimate of drug-likeness (QED) is 0.323. The van der Waals surface area contributed by atoms with Gasteiger partial charge in [0.2, 0.25) is 5.82 Å². The second-order valence-corrected chi connectivity index (χ2v) is 8.82. The summed E-state index contributed by atoms with van der Waals surface area (Å²) in [5, 5.41) is 19.1. The van der Waals surface area contributed by atoms with E-state index in [-0.39, 0.29) is 5.69 Å². The Labute approximate surface area is 212 Å². The highest BCUT2D eigenvalue weighted by Crippen LogP contribution is 2.29. The van der Waals surface area contributed by atoms with Crippen molar-refractivity contribution in [1.82, 2.24) is 44.5 Å². The number of H-pyrrole nitrogens is 1. The van der Waals surface area contributed by atoms with Crippen LogP contribution in [-0.2, 0) is 19.5 Å². The molecule has 0 aliphatic rings. The molecule has 0 spiro atoms. The first-order valence-electron chi connectivity index (χ1n) is 11.9. The van der Waals surface area contributed by atoms with Crippen LogP contribution in [0.3, 0.4) is 0 Å². The van der Waals surface area contributed by atoms with E-state index in [1.807, 2.05) is 55.7 Å². The van der Waals surface area contributed by atoms with Gasteiger partial charge >= 0.3 is 5.69 Å². The Morgan fingerprint density at radius 2 is 1.89 bits per heavy atom. The Bertz CT molecular complexity index is 1510. The van der Waals surface area contributed by atoms with Crippen LogP contribution >= 0.6 is 11.6 Å². The zero-order valence-electron chi connectivity index (χ0n) is 20.1. The molecule has 0 saturated heterocycles. The first-order valence-corrected chi connectivity index (χ1v) is 12.3. The third-order valence-electron chi connectivity index (χ3n) is 6.11. The van der Waals surface area contributed by atoms with E-state index in [1.54, 1.807) is 20.0 Å². The van der Waals surface area contributed by atoms with Gasteiger partial charge in [-0.2, -0.15) is 10.3 Å². The predicted molar refractivity (Wildman–Crippen MR) is 137 cm³/mol. The van der Waals surface area contributed by atoms with Crippen molar-refractivity contribution >= 4 is 11.6 Å². The van der Waals surface area contributed by atoms with Crippen LogP contribution in [0.25, 0.3) is 28.3 Å². The average molecular weight is 504 g/mol. The smallest absolute Gasteiger partial charge is 0.290 e. The summed E-state index contributed by atoms with van der Waals surface area (Å²) < 4.78 is 5.10. The first-order chi connectivity index (χ1) is 17.6. The first kappa shape index (κ1) is 23.7. The molecule has 36 heavy (non-hydrogen) atoms. The topological polar surface area (TPSA) is 112 Å². The number of halogens is 1. The number of nitrogens with one attached hydrogen (secondary N) is 1. The van der Waals surface area contributed by atoms with E-state index in [4.69, 9.17) is 11.6 Å². The molecule has 0 amide bonds. The summed E-state index contributed by atoms with van der Waals surface area (Å²) in [6.07, 6.45) is 8.05. The minimum absolute atomic E-state index is 0.161. The number of nitrogens with zero attached hydrogens (tertiary/aromatic N) is 8. The summed E-state index contributed by atoms with van der Waals surface area (Å²) in [5.41, 5.74) is 4.30. The van der Waals surface area contributed by atoms with Crippen molar-refractivity contribution in [2.45, 2.75) is 46.2 Å². The van der Waals surface area contributed by atoms with E-state index < -0.39 is 0 Å². The fraction of sp³-hybridized carbons (Fsp3) is 0.280. The van der Waals surface area contributed by atoms with Gasteiger partial charge in [0, 0.05) is 35.8 Å². The molecule has 0 aliphatic carbocycles. The standard InChI is InChI=1S/C25H26ClN9O/c1-3-5-8-19-16-34(24-22(26)14-28-35(24)4-2)25(36)33(19)15-18-12-11-17(13-27-18)20-9-6-7-10-21(20)23-29-31-32-30-23/h6-7,9-14,16H,3-5,8,15H2,1-2H3,(H,29,30,31,32). The molecule has 11 heteroatoms. The SMILES string of the molecule is CCCCc1cn(-c2c(Cl)cnn2CC)c(=O)n1Cc1ccc(-c2ccccc2-c2nn[nH]n2)cn1. The summed E-state index contributed by atoms with van der Waals surface area (Å²) in [7, 11) is 0. The molecule has 10 nitrogen and oxygen atoms in total. The summed E-state index contributed by atoms with van der Waals surface area (Å²) in [6.45, 7) is 5.07. The van der Waals surface area contributed by atoms with E-state index in [0.717, 1.165) is 47.3 Å². The van der Waals surface area contributed by atoms with E-state index in [2.05, 4.69) is 37.6 Å². The van der Waals surface area contributed by atoms with Crippen LogP contribution in [0, 0.1) is 0 Å². The normalized spacial score (nSPS) is 11.3. The van der Waals surface area contributed by atoms with Crippen LogP contribution in [0.5, 0.6) is 0 Å². The second kappa shape index (κ2) is 10.3. The highest BCUT2D eigenvalue weighted by Gasteiger charge is 2.19. The number of hydrogen-bond donors (Lipinski definition) is 1. The van der Waals surface area contributed by atoms with E-state index in [1.165, 1.54) is 0 Å². The van der Waals surface area contributed by atoms with Crippen molar-refractivity contribution in [2.75, 3.05) is 0 Å². The Morgan fingerprint density at radius 3 is 2.58 bits per heavy atom. The lowest BCUT2D eigenvalue weighted by Gasteiger charge is -2.09. The number of aromatic nitrogens is 9. The molecular weight excluding hydrogens is 478 g/mol. The number of benzene rings is 1. The van der Waals surface area contributed by atoms with Crippen molar-refractivity contribution in [3.05, 3.63) is 81.9 Å². The Balaban J connectivity index is 1.48. The number of tetrazole rings is 1. The van der Waals surface area contributed by atoms with Crippen LogP contribution in [0.1, 0.15) is 38.1 Å². The highest BCUT2D eigenvalue weighted by molar-refractivity contribution is 6.32. The van der Waals surface area contributed by atoms with Gasteiger partial charge in [-0.1, -0.05) is 55.3 Å². The van der Waals surface area contributed by atoms with Crippen LogP contribution in [-0.4, -0.2) is 44.5 Å². The maximum Gasteiger partial charge on any atom is 0.334 e. The molecule has 0 aliphatic heterocycles. The number of imidazole rings is 1. The molecule has 1 N–H and O–H groups in total. The Hall–Kier alpha value is -4.05. The summed E-state index contributed by atoms with van der Waals surface area (Å²) in [5.74, 6) is 1.11. The third-order valence-corrected chi connectivity index (χ3v) is 6.38. The average Bonchev–Trinajstić information content (AvgIpc) is 3.64. The van der Waals surface area contributed by atoms with E-state index >= 15 is 0 Å². The number of rotatable bonds is 9. The Morgan fingerprint density at radius 1 is 1.06 bits per heavy atom. The molecule has 184 valence electrons. The van der Waals surface area contributed by atoms with Gasteiger partial charge in [-0.25, -0.2) is 9.48 Å². The van der Waals surface area contributed by atoms with Crippen LogP contribution < -0.4 is 5.69 Å². The molecule has 1 aromatic carbocycles. The summed E-state index contributed by atoms with van der Waals surface area (Å²) >= 11 is 6.40. The number of aryl methyl sites for hydroxylation is 2. The van der Waals surface area contributed by atoms with Gasteiger partial charge in [0.25, 0.3) is 0 Å². The molecule has 4 aromatic heterocycles. The van der Waals surface area contributed by atoms with Crippen molar-refractivity contribution < 1.29 is 0 Å². The molecule has 5 rings (SSSR count). The van der Waals surface area contributed by atoms with Gasteiger partial charge in [0.05, 0.1) is 18.4 Å². The zero-order chi connectivity index (χ0) is 25.1. The summed E-state index contributed by atoms with van der Waals surface area (Å²) in [4.78, 5) is 18.2. The van der Waals surface area contributed by atoms with Crippen molar-refractivity contribution in [3.8, 4) is 28.3 Å². The molecule has 0 atom stereocenters. The number of aromatic amines is 1. The molecular formula is C25H26ClN9O. The number of hydrogen-bond acceptors (Lipinski definition) is 6. The van der Waals surface area contributed by atoms with Crippen molar-refractivity contribution in [1.29, 1.82) is 0 Å². The molecule has 0 fully saturated rings. The van der Waals surface area contributed by atoms with Gasteiger partial charge in [0.1, 0.15) is 5.02 Å². The van der Waals surface area contributed by atoms with Crippen molar-refractivity contribution in [2.24, 2.45) is 0 Å². The highest BCUT2D eigenvalue weighted by atomic mass is 35.5. The maximum absolute atomic E-state index is 13.5. The van der Waals surface area contributed by atoms with E-state index in [0.29, 0.717) is 29.8 Å². The molecule has 0 unspecified atom stereocenters.